The maximum atomic E-state index is 3.50. The second-order valence-corrected chi connectivity index (χ2v) is 4.15. The molecule has 3 rings (SSSR count). The summed E-state index contributed by atoms with van der Waals surface area (Å²) in [6.45, 7) is 1.11. The van der Waals surface area contributed by atoms with E-state index in [1.807, 2.05) is 0 Å². The highest BCUT2D eigenvalue weighted by atomic mass is 15.3. The van der Waals surface area contributed by atoms with Crippen LogP contribution < -0.4 is 10.2 Å². The predicted molar refractivity (Wildman–Crippen MR) is 55.3 cm³/mol. The molecular weight excluding hydrogens is 160 g/mol. The number of hydrogen-bond donors (Lipinski definition) is 1. The number of fused-ring (bicyclic) bond motifs is 1. The van der Waals surface area contributed by atoms with Crippen LogP contribution in [0.1, 0.15) is 12.8 Å². The zero-order valence-corrected chi connectivity index (χ0v) is 7.88. The van der Waals surface area contributed by atoms with E-state index < -0.39 is 0 Å². The van der Waals surface area contributed by atoms with Crippen LogP contribution in [0.4, 0.5) is 11.4 Å². The summed E-state index contributed by atoms with van der Waals surface area (Å²) in [6.07, 6.45) is 2.68. The smallest absolute Gasteiger partial charge is 0.0604 e. The summed E-state index contributed by atoms with van der Waals surface area (Å²) in [5.74, 6) is 0. The van der Waals surface area contributed by atoms with Crippen LogP contribution in [-0.2, 0) is 0 Å². The lowest BCUT2D eigenvalue weighted by Crippen LogP contribution is -2.43. The Morgan fingerprint density at radius 1 is 1.31 bits per heavy atom. The van der Waals surface area contributed by atoms with Crippen molar-refractivity contribution in [3.63, 3.8) is 0 Å². The fourth-order valence-electron chi connectivity index (χ4n) is 2.21. The van der Waals surface area contributed by atoms with E-state index >= 15 is 0 Å². The Bertz CT molecular complexity index is 342. The van der Waals surface area contributed by atoms with Gasteiger partial charge in [-0.05, 0) is 25.0 Å². The highest BCUT2D eigenvalue weighted by Crippen LogP contribution is 2.47. The molecule has 0 saturated heterocycles. The van der Waals surface area contributed by atoms with E-state index in [2.05, 4.69) is 41.5 Å². The van der Waals surface area contributed by atoms with Gasteiger partial charge in [0.15, 0.2) is 0 Å². The first-order valence-electron chi connectivity index (χ1n) is 4.89. The molecule has 1 saturated carbocycles. The fraction of sp³-hybridized carbons (Fsp3) is 0.455. The van der Waals surface area contributed by atoms with Gasteiger partial charge in [-0.15, -0.1) is 0 Å². The first kappa shape index (κ1) is 7.25. The predicted octanol–water partition coefficient (Wildman–Crippen LogP) is 2.08. The molecule has 0 bridgehead atoms. The van der Waals surface area contributed by atoms with Gasteiger partial charge in [0.2, 0.25) is 0 Å². The van der Waals surface area contributed by atoms with E-state index in [1.165, 1.54) is 24.2 Å². The lowest BCUT2D eigenvalue weighted by molar-refractivity contribution is 0.641. The van der Waals surface area contributed by atoms with Crippen molar-refractivity contribution in [2.24, 2.45) is 0 Å². The van der Waals surface area contributed by atoms with Gasteiger partial charge in [-0.3, -0.25) is 0 Å². The monoisotopic (exact) mass is 174 g/mol. The van der Waals surface area contributed by atoms with Crippen molar-refractivity contribution in [1.82, 2.24) is 0 Å². The summed E-state index contributed by atoms with van der Waals surface area (Å²) in [4.78, 5) is 2.44. The van der Waals surface area contributed by atoms with Gasteiger partial charge >= 0.3 is 0 Å². The van der Waals surface area contributed by atoms with Gasteiger partial charge in [0.25, 0.3) is 0 Å². The number of likely N-dealkylation sites (N-methyl/N-ethyl adjacent to an activating group) is 1. The average molecular weight is 174 g/mol. The van der Waals surface area contributed by atoms with Crippen LogP contribution in [0.15, 0.2) is 24.3 Å². The van der Waals surface area contributed by atoms with Crippen LogP contribution in [0.5, 0.6) is 0 Å². The zero-order valence-electron chi connectivity index (χ0n) is 7.88. The summed E-state index contributed by atoms with van der Waals surface area (Å²) in [5, 5.41) is 3.50. The molecule has 1 spiro atoms. The van der Waals surface area contributed by atoms with Crippen LogP contribution in [0.3, 0.4) is 0 Å². The Hall–Kier alpha value is -1.18. The molecule has 1 aliphatic carbocycles. The van der Waals surface area contributed by atoms with E-state index in [1.54, 1.807) is 0 Å². The first-order valence-corrected chi connectivity index (χ1v) is 4.89. The van der Waals surface area contributed by atoms with Crippen LogP contribution in [-0.4, -0.2) is 19.1 Å². The molecule has 0 unspecified atom stereocenters. The number of nitrogens with zero attached hydrogens (tertiary/aromatic N) is 1. The molecule has 68 valence electrons. The van der Waals surface area contributed by atoms with Crippen LogP contribution in [0, 0.1) is 0 Å². The topological polar surface area (TPSA) is 15.3 Å². The van der Waals surface area contributed by atoms with Gasteiger partial charge in [-0.1, -0.05) is 12.1 Å². The lowest BCUT2D eigenvalue weighted by Gasteiger charge is -2.37. The highest BCUT2D eigenvalue weighted by Gasteiger charge is 2.48. The molecule has 2 aliphatic rings. The maximum absolute atomic E-state index is 3.50. The molecule has 1 fully saturated rings. The molecular formula is C11H14N2. The standard InChI is InChI=1S/C11H14N2/c1-13-10-5-3-2-4-9(10)12-8-11(13)6-7-11/h2-5,12H,6-8H2,1H3. The number of anilines is 2. The molecule has 2 heteroatoms. The summed E-state index contributed by atoms with van der Waals surface area (Å²) in [7, 11) is 2.21. The fourth-order valence-corrected chi connectivity index (χ4v) is 2.21. The van der Waals surface area contributed by atoms with Gasteiger partial charge in [-0.2, -0.15) is 0 Å². The van der Waals surface area contributed by atoms with Crippen molar-refractivity contribution >= 4 is 11.4 Å². The van der Waals surface area contributed by atoms with Gasteiger partial charge in [0.05, 0.1) is 16.9 Å². The molecule has 1 aliphatic heterocycles. The molecule has 0 aromatic heterocycles. The lowest BCUT2D eigenvalue weighted by atomic mass is 10.1. The quantitative estimate of drug-likeness (QED) is 0.647. The summed E-state index contributed by atoms with van der Waals surface area (Å²) in [6, 6.07) is 8.55. The van der Waals surface area contributed by atoms with Gasteiger partial charge < -0.3 is 10.2 Å². The van der Waals surface area contributed by atoms with Crippen molar-refractivity contribution in [1.29, 1.82) is 0 Å². The molecule has 1 heterocycles. The third-order valence-electron chi connectivity index (χ3n) is 3.41. The Morgan fingerprint density at radius 2 is 2.08 bits per heavy atom. The van der Waals surface area contributed by atoms with E-state index in [-0.39, 0.29) is 0 Å². The van der Waals surface area contributed by atoms with Crippen LogP contribution >= 0.6 is 0 Å². The minimum absolute atomic E-state index is 0.453. The third-order valence-corrected chi connectivity index (χ3v) is 3.41. The van der Waals surface area contributed by atoms with E-state index in [9.17, 15) is 0 Å². The van der Waals surface area contributed by atoms with Crippen LogP contribution in [0.25, 0.3) is 0 Å². The normalized spacial score (nSPS) is 22.4. The maximum Gasteiger partial charge on any atom is 0.0604 e. The number of hydrogen-bond acceptors (Lipinski definition) is 2. The summed E-state index contributed by atoms with van der Waals surface area (Å²) < 4.78 is 0. The summed E-state index contributed by atoms with van der Waals surface area (Å²) >= 11 is 0. The molecule has 0 atom stereocenters. The Morgan fingerprint density at radius 3 is 2.85 bits per heavy atom. The van der Waals surface area contributed by atoms with Crippen molar-refractivity contribution in [3.05, 3.63) is 24.3 Å². The van der Waals surface area contributed by atoms with Crippen molar-refractivity contribution in [3.8, 4) is 0 Å². The Kier molecular flexibility index (Phi) is 1.22. The largest absolute Gasteiger partial charge is 0.381 e. The molecule has 1 aromatic carbocycles. The first-order chi connectivity index (χ1) is 6.32. The van der Waals surface area contributed by atoms with E-state index in [4.69, 9.17) is 0 Å². The summed E-state index contributed by atoms with van der Waals surface area (Å²) in [5.41, 5.74) is 3.09. The Labute approximate surface area is 78.6 Å². The number of rotatable bonds is 0. The number of nitrogens with one attached hydrogen (secondary N) is 1. The van der Waals surface area contributed by atoms with E-state index in [0.717, 1.165) is 6.54 Å². The number of para-hydroxylation sites is 2. The van der Waals surface area contributed by atoms with Crippen LogP contribution in [0.2, 0.25) is 0 Å². The number of benzene rings is 1. The van der Waals surface area contributed by atoms with Gasteiger partial charge in [0, 0.05) is 13.6 Å². The van der Waals surface area contributed by atoms with Gasteiger partial charge in [0.1, 0.15) is 0 Å². The second-order valence-electron chi connectivity index (χ2n) is 4.15. The molecule has 2 nitrogen and oxygen atoms in total. The molecule has 13 heavy (non-hydrogen) atoms. The second kappa shape index (κ2) is 2.19. The van der Waals surface area contributed by atoms with E-state index in [0.29, 0.717) is 5.54 Å². The third kappa shape index (κ3) is 0.886. The van der Waals surface area contributed by atoms with Crippen molar-refractivity contribution in [2.45, 2.75) is 18.4 Å². The van der Waals surface area contributed by atoms with Gasteiger partial charge in [-0.25, -0.2) is 0 Å². The highest BCUT2D eigenvalue weighted by molar-refractivity contribution is 5.74. The zero-order chi connectivity index (χ0) is 8.89. The molecule has 1 N–H and O–H groups in total. The van der Waals surface area contributed by atoms with Crippen molar-refractivity contribution in [2.75, 3.05) is 23.8 Å². The Balaban J connectivity index is 2.08. The minimum Gasteiger partial charge on any atom is -0.381 e. The average Bonchev–Trinajstić information content (AvgIpc) is 2.94. The minimum atomic E-state index is 0.453. The van der Waals surface area contributed by atoms with Crippen molar-refractivity contribution < 1.29 is 0 Å². The SMILES string of the molecule is CN1c2ccccc2NCC12CC2. The molecule has 0 amide bonds. The molecule has 1 aromatic rings. The molecule has 0 radical (unpaired) electrons.